The van der Waals surface area contributed by atoms with Crippen LogP contribution in [0.3, 0.4) is 0 Å². The van der Waals surface area contributed by atoms with Gasteiger partial charge in [-0.2, -0.15) is 13.5 Å². The Balaban J connectivity index is 1.85. The summed E-state index contributed by atoms with van der Waals surface area (Å²) in [5.74, 6) is -0.961. The van der Waals surface area contributed by atoms with Crippen LogP contribution < -0.4 is 4.72 Å². The molecule has 3 aromatic carbocycles. The van der Waals surface area contributed by atoms with E-state index in [1.54, 1.807) is 41.2 Å². The summed E-state index contributed by atoms with van der Waals surface area (Å²) in [6.07, 6.45) is 2.64. The lowest BCUT2D eigenvalue weighted by atomic mass is 9.86. The Kier molecular flexibility index (Phi) is 6.41. The second kappa shape index (κ2) is 9.26. The number of rotatable bonds is 7. The topological polar surface area (TPSA) is 98.1 Å². The van der Waals surface area contributed by atoms with E-state index in [0.29, 0.717) is 11.3 Å². The van der Waals surface area contributed by atoms with E-state index in [-0.39, 0.29) is 5.82 Å². The van der Waals surface area contributed by atoms with E-state index in [9.17, 15) is 21.2 Å². The van der Waals surface area contributed by atoms with E-state index in [0.717, 1.165) is 28.1 Å². The summed E-state index contributed by atoms with van der Waals surface area (Å²) in [6, 6.07) is 19.4. The van der Waals surface area contributed by atoms with Gasteiger partial charge in [0.1, 0.15) is 5.82 Å². The third-order valence-electron chi connectivity index (χ3n) is 5.15. The van der Waals surface area contributed by atoms with Crippen LogP contribution in [0.25, 0.3) is 16.6 Å². The third-order valence-corrected chi connectivity index (χ3v) is 6.36. The van der Waals surface area contributed by atoms with E-state index in [1.165, 1.54) is 12.1 Å². The normalized spacial score (nSPS) is 13.5. The first-order chi connectivity index (χ1) is 15.7. The highest BCUT2D eigenvalue weighted by Crippen LogP contribution is 2.31. The molecule has 0 amide bonds. The van der Waals surface area contributed by atoms with Crippen LogP contribution in [0.1, 0.15) is 17.0 Å². The molecule has 4 rings (SSSR count). The number of fused-ring (bicyclic) bond motifs is 1. The van der Waals surface area contributed by atoms with Crippen molar-refractivity contribution in [3.05, 3.63) is 95.9 Å². The summed E-state index contributed by atoms with van der Waals surface area (Å²) in [6.45, 7) is 0. The summed E-state index contributed by atoms with van der Waals surface area (Å²) in [5, 5.41) is 6.11. The van der Waals surface area contributed by atoms with Crippen molar-refractivity contribution in [2.75, 3.05) is 6.26 Å². The summed E-state index contributed by atoms with van der Waals surface area (Å²) in [5.41, 5.74) is 2.90. The largest absolute Gasteiger partial charge is 0.233 e. The first-order valence-corrected chi connectivity index (χ1v) is 12.9. The standard InChI is InChI=1S/C23H20FN3O4S2/c1-33(30,31)26-21(15-32(28)29)23(16-5-3-2-4-6-16)17-7-12-22-18(13-17)14-25-27(22)20-10-8-19(24)9-11-20/h2-15,21,23,26H,1H3/t21-,23-/m1/s1. The number of aromatic nitrogens is 2. The number of sulfonamides is 1. The van der Waals surface area contributed by atoms with Crippen molar-refractivity contribution in [1.82, 2.24) is 14.5 Å². The molecule has 0 saturated carbocycles. The van der Waals surface area contributed by atoms with Gasteiger partial charge < -0.3 is 0 Å². The van der Waals surface area contributed by atoms with Crippen molar-refractivity contribution in [2.45, 2.75) is 12.0 Å². The van der Waals surface area contributed by atoms with Crippen molar-refractivity contribution in [3.63, 3.8) is 0 Å². The van der Waals surface area contributed by atoms with Gasteiger partial charge in [-0.25, -0.2) is 22.2 Å². The Bertz CT molecular complexity index is 1520. The molecule has 1 aromatic heterocycles. The Morgan fingerprint density at radius 1 is 1.00 bits per heavy atom. The van der Waals surface area contributed by atoms with Crippen LogP contribution in [-0.4, -0.2) is 44.3 Å². The summed E-state index contributed by atoms with van der Waals surface area (Å²) < 4.78 is 64.5. The fourth-order valence-corrected chi connectivity index (χ4v) is 5.09. The molecule has 0 saturated heterocycles. The maximum Gasteiger partial charge on any atom is 0.211 e. The average molecular weight is 486 g/mol. The lowest BCUT2D eigenvalue weighted by Gasteiger charge is -2.25. The van der Waals surface area contributed by atoms with E-state index in [1.807, 2.05) is 30.3 Å². The maximum atomic E-state index is 13.3. The van der Waals surface area contributed by atoms with Gasteiger partial charge in [-0.15, -0.1) is 0 Å². The van der Waals surface area contributed by atoms with Crippen molar-refractivity contribution in [3.8, 4) is 5.69 Å². The minimum atomic E-state index is -3.71. The minimum absolute atomic E-state index is 0.348. The van der Waals surface area contributed by atoms with Crippen LogP contribution in [-0.2, 0) is 20.3 Å². The molecule has 2 atom stereocenters. The second-order valence-corrected chi connectivity index (χ2v) is 10.1. The molecule has 4 aromatic rings. The van der Waals surface area contributed by atoms with Gasteiger partial charge in [0, 0.05) is 11.3 Å². The Morgan fingerprint density at radius 3 is 2.33 bits per heavy atom. The van der Waals surface area contributed by atoms with Crippen molar-refractivity contribution in [1.29, 1.82) is 0 Å². The van der Waals surface area contributed by atoms with E-state index in [4.69, 9.17) is 0 Å². The van der Waals surface area contributed by atoms with Gasteiger partial charge >= 0.3 is 0 Å². The molecule has 0 bridgehead atoms. The van der Waals surface area contributed by atoms with Gasteiger partial charge in [-0.05, 0) is 47.5 Å². The zero-order chi connectivity index (χ0) is 23.6. The summed E-state index contributed by atoms with van der Waals surface area (Å²) in [4.78, 5) is 0. The van der Waals surface area contributed by atoms with Gasteiger partial charge in [0.05, 0.1) is 35.1 Å². The third kappa shape index (κ3) is 5.36. The van der Waals surface area contributed by atoms with Gasteiger partial charge in [0.2, 0.25) is 20.3 Å². The van der Waals surface area contributed by atoms with E-state index >= 15 is 0 Å². The molecule has 170 valence electrons. The molecule has 0 fully saturated rings. The van der Waals surface area contributed by atoms with Gasteiger partial charge in [0.15, 0.2) is 0 Å². The number of halogens is 1. The summed E-state index contributed by atoms with van der Waals surface area (Å²) >= 11 is 0. The second-order valence-electron chi connectivity index (χ2n) is 7.55. The highest BCUT2D eigenvalue weighted by atomic mass is 32.2. The molecule has 0 aliphatic rings. The monoisotopic (exact) mass is 485 g/mol. The fraction of sp³-hybridized carbons (Fsp3) is 0.130. The van der Waals surface area contributed by atoms with E-state index < -0.39 is 32.3 Å². The molecule has 0 spiro atoms. The first kappa shape index (κ1) is 22.8. The zero-order valence-electron chi connectivity index (χ0n) is 17.5. The number of nitrogens with one attached hydrogen (secondary N) is 1. The van der Waals surface area contributed by atoms with Crippen LogP contribution in [0, 0.1) is 5.82 Å². The predicted molar refractivity (Wildman–Crippen MR) is 126 cm³/mol. The molecule has 0 aliphatic heterocycles. The molecule has 1 N–H and O–H groups in total. The minimum Gasteiger partial charge on any atom is -0.233 e. The smallest absolute Gasteiger partial charge is 0.211 e. The van der Waals surface area contributed by atoms with Crippen LogP contribution >= 0.6 is 0 Å². The first-order valence-electron chi connectivity index (χ1n) is 9.90. The highest BCUT2D eigenvalue weighted by Gasteiger charge is 2.27. The average Bonchev–Trinajstić information content (AvgIpc) is 3.17. The van der Waals surface area contributed by atoms with Crippen molar-refractivity contribution in [2.24, 2.45) is 0 Å². The lowest BCUT2D eigenvalue weighted by molar-refractivity contribution is 0.573. The van der Waals surface area contributed by atoms with Crippen LogP contribution in [0.4, 0.5) is 4.39 Å². The molecule has 1 heterocycles. The van der Waals surface area contributed by atoms with E-state index in [2.05, 4.69) is 9.82 Å². The molecule has 10 heteroatoms. The number of hydrogen-bond acceptors (Lipinski definition) is 5. The van der Waals surface area contributed by atoms with Crippen molar-refractivity contribution >= 4 is 36.6 Å². The molecular weight excluding hydrogens is 465 g/mol. The fourth-order valence-electron chi connectivity index (χ4n) is 3.84. The van der Waals surface area contributed by atoms with Crippen LogP contribution in [0.2, 0.25) is 0 Å². The molecule has 0 radical (unpaired) electrons. The van der Waals surface area contributed by atoms with Gasteiger partial charge in [-0.3, -0.25) is 0 Å². The molecule has 33 heavy (non-hydrogen) atoms. The van der Waals surface area contributed by atoms with Gasteiger partial charge in [0.25, 0.3) is 0 Å². The lowest BCUT2D eigenvalue weighted by Crippen LogP contribution is -2.40. The predicted octanol–water partition coefficient (Wildman–Crippen LogP) is 2.90. The molecule has 0 unspecified atom stereocenters. The molecule has 7 nitrogen and oxygen atoms in total. The molecular formula is C23H20FN3O4S2. The van der Waals surface area contributed by atoms with Crippen LogP contribution in [0.15, 0.2) is 79.0 Å². The highest BCUT2D eigenvalue weighted by molar-refractivity contribution is 7.88. The van der Waals surface area contributed by atoms with Gasteiger partial charge in [-0.1, -0.05) is 36.4 Å². The Hall–Kier alpha value is -3.34. The zero-order valence-corrected chi connectivity index (χ0v) is 19.1. The maximum absolute atomic E-state index is 13.3. The van der Waals surface area contributed by atoms with Crippen molar-refractivity contribution < 1.29 is 21.2 Å². The number of hydrogen-bond donors (Lipinski definition) is 1. The number of nitrogens with zero attached hydrogens (tertiary/aromatic N) is 2. The Labute approximate surface area is 192 Å². The SMILES string of the molecule is CS(=O)(=O)N[C@H](C=S(=O)=O)[C@H](c1ccccc1)c1ccc2c(cnn2-c2ccc(F)cc2)c1. The quantitative estimate of drug-likeness (QED) is 0.406. The Morgan fingerprint density at radius 2 is 1.70 bits per heavy atom. The molecule has 0 aliphatic carbocycles. The summed E-state index contributed by atoms with van der Waals surface area (Å²) in [7, 11) is -6.31. The van der Waals surface area contributed by atoms with Crippen LogP contribution in [0.5, 0.6) is 0 Å². The number of benzene rings is 3.